The van der Waals surface area contributed by atoms with E-state index in [0.717, 1.165) is 22.2 Å². The molecule has 7 nitrogen and oxygen atoms in total. The highest BCUT2D eigenvalue weighted by molar-refractivity contribution is 6.20. The monoisotopic (exact) mass is 398 g/mol. The highest BCUT2D eigenvalue weighted by Crippen LogP contribution is 2.25. The minimum atomic E-state index is -0.305. The van der Waals surface area contributed by atoms with Gasteiger partial charge in [-0.25, -0.2) is 0 Å². The summed E-state index contributed by atoms with van der Waals surface area (Å²) in [6.45, 7) is 3.73. The van der Waals surface area contributed by atoms with E-state index < -0.39 is 0 Å². The summed E-state index contributed by atoms with van der Waals surface area (Å²) in [5.41, 5.74) is 2.92. The van der Waals surface area contributed by atoms with Crippen molar-refractivity contribution in [3.05, 3.63) is 82.6 Å². The molecular weight excluding hydrogens is 380 g/mol. The van der Waals surface area contributed by atoms with Crippen molar-refractivity contribution in [2.45, 2.75) is 20.5 Å². The lowest BCUT2D eigenvalue weighted by Crippen LogP contribution is -2.03. The molecule has 0 saturated heterocycles. The van der Waals surface area contributed by atoms with Crippen molar-refractivity contribution in [3.8, 4) is 11.8 Å². The molecule has 30 heavy (non-hydrogen) atoms. The number of allylic oxidation sites excluding steroid dienone is 1. The molecule has 0 saturated carbocycles. The Morgan fingerprint density at radius 2 is 1.97 bits per heavy atom. The third kappa shape index (κ3) is 3.84. The van der Waals surface area contributed by atoms with Crippen LogP contribution in [0.25, 0.3) is 17.0 Å². The van der Waals surface area contributed by atoms with Crippen molar-refractivity contribution < 1.29 is 14.1 Å². The lowest BCUT2D eigenvalue weighted by molar-refractivity contribution is 0.104. The average molecular weight is 398 g/mol. The van der Waals surface area contributed by atoms with Gasteiger partial charge in [0, 0.05) is 23.5 Å². The predicted molar refractivity (Wildman–Crippen MR) is 111 cm³/mol. The van der Waals surface area contributed by atoms with E-state index in [0.29, 0.717) is 23.0 Å². The number of nitrogens with one attached hydrogen (secondary N) is 1. The van der Waals surface area contributed by atoms with Crippen LogP contribution in [-0.2, 0) is 6.61 Å². The number of fused-ring (bicyclic) bond motifs is 1. The fourth-order valence-corrected chi connectivity index (χ4v) is 3.23. The molecule has 0 unspecified atom stereocenters. The molecule has 2 aromatic carbocycles. The number of aromatic amines is 1. The zero-order chi connectivity index (χ0) is 21.1. The maximum absolute atomic E-state index is 13.0. The first-order valence-electron chi connectivity index (χ1n) is 9.31. The summed E-state index contributed by atoms with van der Waals surface area (Å²) in [7, 11) is 0. The van der Waals surface area contributed by atoms with E-state index in [-0.39, 0.29) is 18.0 Å². The topological polar surface area (TPSA) is 105 Å². The van der Waals surface area contributed by atoms with Crippen LogP contribution in [0, 0.1) is 25.2 Å². The highest BCUT2D eigenvalue weighted by atomic mass is 16.5. The number of hydrogen-bond acceptors (Lipinski definition) is 6. The lowest BCUT2D eigenvalue weighted by Gasteiger charge is -2.04. The van der Waals surface area contributed by atoms with Crippen LogP contribution in [-0.4, -0.2) is 20.9 Å². The van der Waals surface area contributed by atoms with Crippen molar-refractivity contribution in [1.82, 2.24) is 15.1 Å². The van der Waals surface area contributed by atoms with Crippen LogP contribution in [0.15, 0.2) is 58.6 Å². The number of para-hydroxylation sites is 1. The SMILES string of the molecule is Cc1nc(COc2ccc(/C=C(\C#N)C(=O)c3c(C)[nH]c4ccccc34)cc2)no1. The molecule has 0 aliphatic heterocycles. The number of carbonyl (C=O) groups is 1. The van der Waals surface area contributed by atoms with E-state index in [1.807, 2.05) is 37.3 Å². The number of ketones is 1. The molecule has 148 valence electrons. The molecule has 0 aliphatic rings. The summed E-state index contributed by atoms with van der Waals surface area (Å²) in [5, 5.41) is 14.2. The van der Waals surface area contributed by atoms with Gasteiger partial charge in [-0.1, -0.05) is 35.5 Å². The molecule has 2 aromatic heterocycles. The molecule has 2 heterocycles. The molecule has 0 fully saturated rings. The van der Waals surface area contributed by atoms with Gasteiger partial charge >= 0.3 is 0 Å². The summed E-state index contributed by atoms with van der Waals surface area (Å²) < 4.78 is 10.5. The fraction of sp³-hybridized carbons (Fsp3) is 0.130. The van der Waals surface area contributed by atoms with Gasteiger partial charge < -0.3 is 14.2 Å². The van der Waals surface area contributed by atoms with Crippen molar-refractivity contribution in [2.75, 3.05) is 0 Å². The van der Waals surface area contributed by atoms with Gasteiger partial charge in [0.25, 0.3) is 0 Å². The van der Waals surface area contributed by atoms with E-state index in [2.05, 4.69) is 15.1 Å². The van der Waals surface area contributed by atoms with Crippen molar-refractivity contribution in [1.29, 1.82) is 5.26 Å². The number of hydrogen-bond donors (Lipinski definition) is 1. The van der Waals surface area contributed by atoms with Gasteiger partial charge in [0.1, 0.15) is 17.4 Å². The Bertz CT molecular complexity index is 1290. The normalized spacial score (nSPS) is 11.4. The summed E-state index contributed by atoms with van der Waals surface area (Å²) in [6.07, 6.45) is 1.58. The van der Waals surface area contributed by atoms with E-state index in [9.17, 15) is 10.1 Å². The quantitative estimate of drug-likeness (QED) is 0.290. The smallest absolute Gasteiger partial charge is 0.223 e. The Hall–Kier alpha value is -4.18. The largest absolute Gasteiger partial charge is 0.485 e. The Kier molecular flexibility index (Phi) is 5.14. The first kappa shape index (κ1) is 19.2. The molecular formula is C23H18N4O3. The number of H-pyrrole nitrogens is 1. The number of aromatic nitrogens is 3. The van der Waals surface area contributed by atoms with Crippen molar-refractivity contribution in [3.63, 3.8) is 0 Å². The predicted octanol–water partition coefficient (Wildman–Crippen LogP) is 4.54. The Morgan fingerprint density at radius 1 is 1.20 bits per heavy atom. The van der Waals surface area contributed by atoms with E-state index in [1.165, 1.54) is 0 Å². The number of nitriles is 1. The second kappa shape index (κ2) is 8.05. The Balaban J connectivity index is 1.54. The van der Waals surface area contributed by atoms with E-state index in [4.69, 9.17) is 9.26 Å². The van der Waals surface area contributed by atoms with Gasteiger partial charge in [-0.05, 0) is 36.8 Å². The van der Waals surface area contributed by atoms with Crippen LogP contribution in [0.2, 0.25) is 0 Å². The minimum absolute atomic E-state index is 0.0683. The number of nitrogens with zero attached hydrogens (tertiary/aromatic N) is 3. The van der Waals surface area contributed by atoms with Crippen molar-refractivity contribution >= 4 is 22.8 Å². The number of Topliss-reactive ketones (excluding diaryl/α,β-unsaturated/α-hetero) is 1. The van der Waals surface area contributed by atoms with Crippen molar-refractivity contribution in [2.24, 2.45) is 0 Å². The summed E-state index contributed by atoms with van der Waals surface area (Å²) in [5.74, 6) is 1.25. The number of carbonyl (C=O) groups excluding carboxylic acids is 1. The second-order valence-electron chi connectivity index (χ2n) is 6.76. The second-order valence-corrected chi connectivity index (χ2v) is 6.76. The van der Waals surface area contributed by atoms with Crippen LogP contribution >= 0.6 is 0 Å². The van der Waals surface area contributed by atoms with Crippen LogP contribution in [0.1, 0.15) is 33.3 Å². The minimum Gasteiger partial charge on any atom is -0.485 e. The third-order valence-corrected chi connectivity index (χ3v) is 4.61. The summed E-state index contributed by atoms with van der Waals surface area (Å²) in [4.78, 5) is 20.3. The number of rotatable bonds is 6. The molecule has 0 amide bonds. The van der Waals surface area contributed by atoms with Gasteiger partial charge in [0.05, 0.1) is 5.56 Å². The molecule has 7 heteroatoms. The molecule has 1 N–H and O–H groups in total. The Labute approximate surface area is 172 Å². The third-order valence-electron chi connectivity index (χ3n) is 4.61. The maximum Gasteiger partial charge on any atom is 0.223 e. The molecule has 4 aromatic rings. The fourth-order valence-electron chi connectivity index (χ4n) is 3.23. The first-order valence-corrected chi connectivity index (χ1v) is 9.31. The lowest BCUT2D eigenvalue weighted by atomic mass is 9.99. The Morgan fingerprint density at radius 3 is 2.67 bits per heavy atom. The highest BCUT2D eigenvalue weighted by Gasteiger charge is 2.19. The molecule has 4 rings (SSSR count). The standard InChI is InChI=1S/C23H18N4O3/c1-14-22(19-5-3-4-6-20(19)25-14)23(28)17(12-24)11-16-7-9-18(10-8-16)29-13-21-26-15(2)30-27-21/h3-11,25H,13H2,1-2H3/b17-11+. The van der Waals surface area contributed by atoms with Gasteiger partial charge in [-0.15, -0.1) is 0 Å². The summed E-state index contributed by atoms with van der Waals surface area (Å²) >= 11 is 0. The number of ether oxygens (including phenoxy) is 1. The zero-order valence-electron chi connectivity index (χ0n) is 16.5. The average Bonchev–Trinajstić information content (AvgIpc) is 3.32. The molecule has 0 spiro atoms. The van der Waals surface area contributed by atoms with Crippen LogP contribution < -0.4 is 4.74 Å². The molecule has 0 aliphatic carbocycles. The van der Waals surface area contributed by atoms with E-state index in [1.54, 1.807) is 37.3 Å². The van der Waals surface area contributed by atoms with Gasteiger partial charge in [-0.3, -0.25) is 4.79 Å². The molecule has 0 atom stereocenters. The van der Waals surface area contributed by atoms with Crippen LogP contribution in [0.4, 0.5) is 0 Å². The molecule has 0 bridgehead atoms. The zero-order valence-corrected chi connectivity index (χ0v) is 16.5. The van der Waals surface area contributed by atoms with E-state index >= 15 is 0 Å². The number of benzene rings is 2. The van der Waals surface area contributed by atoms with Gasteiger partial charge in [-0.2, -0.15) is 10.2 Å². The molecule has 0 radical (unpaired) electrons. The number of aryl methyl sites for hydroxylation is 2. The maximum atomic E-state index is 13.0. The van der Waals surface area contributed by atoms with Gasteiger partial charge in [0.2, 0.25) is 17.5 Å². The first-order chi connectivity index (χ1) is 14.5. The van der Waals surface area contributed by atoms with Crippen LogP contribution in [0.5, 0.6) is 5.75 Å². The van der Waals surface area contributed by atoms with Gasteiger partial charge in [0.15, 0.2) is 6.61 Å². The summed E-state index contributed by atoms with van der Waals surface area (Å²) in [6, 6.07) is 16.7. The van der Waals surface area contributed by atoms with Crippen LogP contribution in [0.3, 0.4) is 0 Å².